The Balaban J connectivity index is 2.00. The van der Waals surface area contributed by atoms with Gasteiger partial charge in [-0.3, -0.25) is 4.40 Å². The van der Waals surface area contributed by atoms with Crippen molar-refractivity contribution in [1.82, 2.24) is 9.38 Å². The number of aromatic nitrogens is 2. The van der Waals surface area contributed by atoms with Crippen LogP contribution in [0.1, 0.15) is 11.3 Å². The van der Waals surface area contributed by atoms with Crippen LogP contribution >= 0.6 is 0 Å². The van der Waals surface area contributed by atoms with Gasteiger partial charge in [-0.25, -0.2) is 22.9 Å². The molecule has 3 aromatic rings. The number of halogens is 3. The third-order valence-electron chi connectivity index (χ3n) is 3.39. The third kappa shape index (κ3) is 3.21. The average molecular weight is 352 g/mol. The van der Waals surface area contributed by atoms with Gasteiger partial charge in [-0.15, -0.1) is 0 Å². The molecule has 0 radical (unpaired) electrons. The second-order valence-electron chi connectivity index (χ2n) is 5.08. The second-order valence-corrected chi connectivity index (χ2v) is 5.08. The quantitative estimate of drug-likeness (QED) is 0.725. The fourth-order valence-corrected chi connectivity index (χ4v) is 2.31. The molecule has 1 N–H and O–H groups in total. The lowest BCUT2D eigenvalue weighted by Crippen LogP contribution is -2.07. The lowest BCUT2D eigenvalue weighted by molar-refractivity contribution is 0.141. The first kappa shape index (κ1) is 16.6. The molecular weight excluding hydrogens is 341 g/mol. The molecule has 2 heterocycles. The molecule has 0 spiro atoms. The van der Waals surface area contributed by atoms with Crippen molar-refractivity contribution < 1.29 is 32.5 Å². The monoisotopic (exact) mass is 352 g/mol. The van der Waals surface area contributed by atoms with Crippen LogP contribution in [0.5, 0.6) is 11.6 Å². The maximum Gasteiger partial charge on any atom is 0.512 e. The normalized spacial score (nSPS) is 10.9. The zero-order valence-electron chi connectivity index (χ0n) is 12.8. The Kier molecular flexibility index (Phi) is 4.22. The largest absolute Gasteiger partial charge is 0.512 e. The Hall–Kier alpha value is -3.23. The summed E-state index contributed by atoms with van der Waals surface area (Å²) >= 11 is 0. The Morgan fingerprint density at radius 1 is 1.28 bits per heavy atom. The van der Waals surface area contributed by atoms with Gasteiger partial charge >= 0.3 is 6.16 Å². The molecule has 0 bridgehead atoms. The Morgan fingerprint density at radius 2 is 1.96 bits per heavy atom. The maximum atomic E-state index is 13.8. The number of nitrogens with zero attached hydrogens (tertiary/aromatic N) is 2. The van der Waals surface area contributed by atoms with Crippen molar-refractivity contribution in [3.63, 3.8) is 0 Å². The van der Waals surface area contributed by atoms with E-state index in [2.05, 4.69) is 9.72 Å². The molecule has 9 heteroatoms. The van der Waals surface area contributed by atoms with E-state index in [1.165, 1.54) is 13.0 Å². The molecule has 0 saturated carbocycles. The van der Waals surface area contributed by atoms with E-state index in [0.717, 1.165) is 28.8 Å². The van der Waals surface area contributed by atoms with E-state index in [1.54, 1.807) is 0 Å². The zero-order chi connectivity index (χ0) is 18.1. The highest BCUT2D eigenvalue weighted by atomic mass is 19.1. The van der Waals surface area contributed by atoms with E-state index >= 15 is 0 Å². The van der Waals surface area contributed by atoms with Gasteiger partial charge in [0.1, 0.15) is 29.8 Å². The Bertz CT molecular complexity index is 951. The van der Waals surface area contributed by atoms with E-state index in [4.69, 9.17) is 9.84 Å². The lowest BCUT2D eigenvalue weighted by Gasteiger charge is -2.10. The number of hydrogen-bond donors (Lipinski definition) is 1. The van der Waals surface area contributed by atoms with Gasteiger partial charge < -0.3 is 14.6 Å². The molecule has 0 unspecified atom stereocenters. The minimum Gasteiger partial charge on any atom is -0.485 e. The van der Waals surface area contributed by atoms with Crippen molar-refractivity contribution in [3.8, 4) is 11.6 Å². The Labute approximate surface area is 139 Å². The van der Waals surface area contributed by atoms with Gasteiger partial charge in [-0.1, -0.05) is 6.07 Å². The molecular formula is C16H11F3N2O4. The number of imidazole rings is 1. The summed E-state index contributed by atoms with van der Waals surface area (Å²) in [6, 6.07) is 4.33. The fraction of sp³-hybridized carbons (Fsp3) is 0.125. The number of benzene rings is 1. The highest BCUT2D eigenvalue weighted by molar-refractivity contribution is 5.64. The van der Waals surface area contributed by atoms with E-state index in [0.29, 0.717) is 0 Å². The summed E-state index contributed by atoms with van der Waals surface area (Å²) in [5, 5.41) is 8.75. The van der Waals surface area contributed by atoms with Gasteiger partial charge in [0.15, 0.2) is 11.4 Å². The number of fused-ring (bicyclic) bond motifs is 1. The number of ether oxygens (including phenoxy) is 2. The van der Waals surface area contributed by atoms with Crippen LogP contribution in [0.25, 0.3) is 5.65 Å². The van der Waals surface area contributed by atoms with Crippen LogP contribution in [0.4, 0.5) is 18.0 Å². The molecule has 3 rings (SSSR count). The minimum atomic E-state index is -1.59. The maximum absolute atomic E-state index is 13.8. The SMILES string of the molecule is Cc1nc2c(OCc3c(F)cccc3F)cc(F)cn2c1OC(=O)O. The zero-order valence-corrected chi connectivity index (χ0v) is 12.8. The number of pyridine rings is 1. The summed E-state index contributed by atoms with van der Waals surface area (Å²) in [6.07, 6.45) is -0.630. The summed E-state index contributed by atoms with van der Waals surface area (Å²) in [5.41, 5.74) is -0.1000. The first-order chi connectivity index (χ1) is 11.9. The van der Waals surface area contributed by atoms with Gasteiger partial charge in [-0.05, 0) is 19.1 Å². The van der Waals surface area contributed by atoms with Crippen molar-refractivity contribution in [2.24, 2.45) is 0 Å². The van der Waals surface area contributed by atoms with Gasteiger partial charge in [-0.2, -0.15) is 0 Å². The number of rotatable bonds is 4. The summed E-state index contributed by atoms with van der Waals surface area (Å²) in [7, 11) is 0. The van der Waals surface area contributed by atoms with Crippen LogP contribution < -0.4 is 9.47 Å². The molecule has 0 amide bonds. The van der Waals surface area contributed by atoms with Crippen molar-refractivity contribution in [1.29, 1.82) is 0 Å². The molecule has 2 aromatic heterocycles. The molecule has 0 saturated heterocycles. The highest BCUT2D eigenvalue weighted by Crippen LogP contribution is 2.29. The molecule has 0 aliphatic rings. The summed E-state index contributed by atoms with van der Waals surface area (Å²) in [4.78, 5) is 14.8. The number of carbonyl (C=O) groups is 1. The standard InChI is InChI=1S/C16H11F3N2O4/c1-8-15(25-16(22)23)21-6-9(17)5-13(14(21)20-8)24-7-10-11(18)3-2-4-12(10)19/h2-6H,7H2,1H3,(H,22,23). The molecule has 25 heavy (non-hydrogen) atoms. The molecule has 0 atom stereocenters. The average Bonchev–Trinajstić information content (AvgIpc) is 2.82. The minimum absolute atomic E-state index is 0.0481. The summed E-state index contributed by atoms with van der Waals surface area (Å²) in [5.74, 6) is -2.71. The summed E-state index contributed by atoms with van der Waals surface area (Å²) < 4.78 is 52.1. The number of hydrogen-bond acceptors (Lipinski definition) is 4. The predicted octanol–water partition coefficient (Wildman–Crippen LogP) is 3.70. The molecule has 130 valence electrons. The Morgan fingerprint density at radius 3 is 2.60 bits per heavy atom. The van der Waals surface area contributed by atoms with Gasteiger partial charge in [0.25, 0.3) is 0 Å². The summed E-state index contributed by atoms with van der Waals surface area (Å²) in [6.45, 7) is 0.960. The number of carboxylic acid groups (broad SMARTS) is 1. The molecule has 0 fully saturated rings. The highest BCUT2D eigenvalue weighted by Gasteiger charge is 2.19. The first-order valence-electron chi connectivity index (χ1n) is 7.01. The molecule has 0 aliphatic heterocycles. The van der Waals surface area contributed by atoms with Gasteiger partial charge in [0, 0.05) is 6.07 Å². The van der Waals surface area contributed by atoms with E-state index in [-0.39, 0.29) is 28.5 Å². The van der Waals surface area contributed by atoms with Crippen LogP contribution in [0.2, 0.25) is 0 Å². The first-order valence-corrected chi connectivity index (χ1v) is 7.01. The van der Waals surface area contributed by atoms with E-state index in [9.17, 15) is 18.0 Å². The lowest BCUT2D eigenvalue weighted by atomic mass is 10.2. The van der Waals surface area contributed by atoms with Crippen LogP contribution in [-0.4, -0.2) is 20.6 Å². The van der Waals surface area contributed by atoms with Crippen molar-refractivity contribution in [2.75, 3.05) is 0 Å². The van der Waals surface area contributed by atoms with Gasteiger partial charge in [0.05, 0.1) is 11.8 Å². The predicted molar refractivity (Wildman–Crippen MR) is 79.2 cm³/mol. The topological polar surface area (TPSA) is 73.1 Å². The van der Waals surface area contributed by atoms with Crippen LogP contribution in [0.15, 0.2) is 30.5 Å². The van der Waals surface area contributed by atoms with Crippen LogP contribution in [-0.2, 0) is 6.61 Å². The molecule has 0 aliphatic carbocycles. The number of aryl methyl sites for hydroxylation is 1. The molecule has 6 nitrogen and oxygen atoms in total. The van der Waals surface area contributed by atoms with E-state index in [1.807, 2.05) is 0 Å². The van der Waals surface area contributed by atoms with Crippen molar-refractivity contribution >= 4 is 11.8 Å². The van der Waals surface area contributed by atoms with Gasteiger partial charge in [0.2, 0.25) is 5.88 Å². The van der Waals surface area contributed by atoms with Crippen LogP contribution in [0.3, 0.4) is 0 Å². The smallest absolute Gasteiger partial charge is 0.485 e. The second kappa shape index (κ2) is 6.34. The van der Waals surface area contributed by atoms with Crippen LogP contribution in [0, 0.1) is 24.4 Å². The van der Waals surface area contributed by atoms with Crippen molar-refractivity contribution in [3.05, 3.63) is 59.2 Å². The third-order valence-corrected chi connectivity index (χ3v) is 3.39. The van der Waals surface area contributed by atoms with Crippen molar-refractivity contribution in [2.45, 2.75) is 13.5 Å². The molecule has 1 aromatic carbocycles. The fourth-order valence-electron chi connectivity index (χ4n) is 2.31. The van der Waals surface area contributed by atoms with E-state index < -0.39 is 30.2 Å².